The number of ether oxygens (including phenoxy) is 1. The Morgan fingerprint density at radius 2 is 1.68 bits per heavy atom. The van der Waals surface area contributed by atoms with E-state index in [1.807, 2.05) is 33.8 Å². The fourth-order valence-electron chi connectivity index (χ4n) is 4.31. The first-order valence-electron chi connectivity index (χ1n) is 13.5. The molecule has 2 amide bonds. The Hall–Kier alpha value is -3.56. The van der Waals surface area contributed by atoms with Crippen molar-refractivity contribution in [1.29, 1.82) is 0 Å². The first-order valence-corrected chi connectivity index (χ1v) is 15.3. The van der Waals surface area contributed by atoms with Crippen LogP contribution in [0.25, 0.3) is 0 Å². The number of methoxy groups -OCH3 is 1. The number of halogens is 1. The van der Waals surface area contributed by atoms with Crippen LogP contribution in [-0.2, 0) is 26.2 Å². The minimum Gasteiger partial charge on any atom is -0.497 e. The lowest BCUT2D eigenvalue weighted by molar-refractivity contribution is -0.140. The SMILES string of the molecule is CCC(C(=O)NCC(C)C)N(Cc1cccc(OC)c1)C(=O)CN(c1ccccc1Cl)S(=O)(=O)c1ccc(C)cc1. The van der Waals surface area contributed by atoms with E-state index in [0.29, 0.717) is 18.7 Å². The molecule has 1 atom stereocenters. The van der Waals surface area contributed by atoms with Crippen molar-refractivity contribution in [2.75, 3.05) is 24.5 Å². The Kier molecular flexibility index (Phi) is 11.2. The Bertz CT molecular complexity index is 1440. The molecule has 0 heterocycles. The van der Waals surface area contributed by atoms with Crippen LogP contribution < -0.4 is 14.4 Å². The third-order valence-corrected chi connectivity index (χ3v) is 8.66. The van der Waals surface area contributed by atoms with Gasteiger partial charge in [-0.05, 0) is 61.2 Å². The molecule has 0 spiro atoms. The number of aryl methyl sites for hydroxylation is 1. The summed E-state index contributed by atoms with van der Waals surface area (Å²) in [5.74, 6) is -0.0284. The number of amides is 2. The molecule has 3 rings (SSSR count). The number of anilines is 1. The minimum atomic E-state index is -4.20. The van der Waals surface area contributed by atoms with E-state index in [1.165, 1.54) is 17.0 Å². The van der Waals surface area contributed by atoms with Crippen LogP contribution in [0.15, 0.2) is 77.7 Å². The molecule has 10 heteroatoms. The maximum Gasteiger partial charge on any atom is 0.264 e. The van der Waals surface area contributed by atoms with Crippen molar-refractivity contribution in [2.45, 2.75) is 51.6 Å². The molecule has 0 aliphatic carbocycles. The van der Waals surface area contributed by atoms with Crippen molar-refractivity contribution >= 4 is 39.1 Å². The molecule has 0 aliphatic rings. The third-order valence-electron chi connectivity index (χ3n) is 6.57. The highest BCUT2D eigenvalue weighted by molar-refractivity contribution is 7.92. The second-order valence-electron chi connectivity index (χ2n) is 10.2. The maximum absolute atomic E-state index is 14.1. The van der Waals surface area contributed by atoms with Crippen LogP contribution in [-0.4, -0.2) is 51.4 Å². The fraction of sp³-hybridized carbons (Fsp3) is 0.355. The molecule has 3 aromatic rings. The second kappa shape index (κ2) is 14.4. The van der Waals surface area contributed by atoms with Crippen molar-refractivity contribution in [1.82, 2.24) is 10.2 Å². The molecule has 220 valence electrons. The van der Waals surface area contributed by atoms with Gasteiger partial charge >= 0.3 is 0 Å². The van der Waals surface area contributed by atoms with E-state index in [4.69, 9.17) is 16.3 Å². The van der Waals surface area contributed by atoms with E-state index in [1.54, 1.807) is 61.7 Å². The molecule has 0 aromatic heterocycles. The number of para-hydroxylation sites is 1. The molecular formula is C31H38ClN3O5S. The summed E-state index contributed by atoms with van der Waals surface area (Å²) in [6, 6.07) is 19.2. The van der Waals surface area contributed by atoms with Crippen LogP contribution in [0.5, 0.6) is 5.75 Å². The van der Waals surface area contributed by atoms with E-state index in [2.05, 4.69) is 5.32 Å². The van der Waals surface area contributed by atoms with Gasteiger partial charge in [0, 0.05) is 13.1 Å². The summed E-state index contributed by atoms with van der Waals surface area (Å²) in [5.41, 5.74) is 1.80. The zero-order chi connectivity index (χ0) is 30.2. The molecule has 0 saturated heterocycles. The second-order valence-corrected chi connectivity index (χ2v) is 12.5. The summed E-state index contributed by atoms with van der Waals surface area (Å²) in [4.78, 5) is 28.9. The van der Waals surface area contributed by atoms with Crippen LogP contribution in [0.1, 0.15) is 38.3 Å². The first kappa shape index (κ1) is 32.0. The summed E-state index contributed by atoms with van der Waals surface area (Å²) in [6.45, 7) is 7.61. The van der Waals surface area contributed by atoms with Gasteiger partial charge in [0.05, 0.1) is 22.7 Å². The Labute approximate surface area is 248 Å². The Morgan fingerprint density at radius 3 is 2.29 bits per heavy atom. The molecule has 1 unspecified atom stereocenters. The number of sulfonamides is 1. The number of carbonyl (C=O) groups excluding carboxylic acids is 2. The predicted molar refractivity (Wildman–Crippen MR) is 163 cm³/mol. The summed E-state index contributed by atoms with van der Waals surface area (Å²) < 4.78 is 34.3. The van der Waals surface area contributed by atoms with Gasteiger partial charge < -0.3 is 15.0 Å². The monoisotopic (exact) mass is 599 g/mol. The van der Waals surface area contributed by atoms with Gasteiger partial charge in [0.25, 0.3) is 10.0 Å². The minimum absolute atomic E-state index is 0.0249. The van der Waals surface area contributed by atoms with Crippen LogP contribution >= 0.6 is 11.6 Å². The van der Waals surface area contributed by atoms with E-state index in [9.17, 15) is 18.0 Å². The van der Waals surface area contributed by atoms with Crippen molar-refractivity contribution < 1.29 is 22.7 Å². The number of carbonyl (C=O) groups is 2. The number of hydrogen-bond acceptors (Lipinski definition) is 5. The molecule has 0 saturated carbocycles. The largest absolute Gasteiger partial charge is 0.497 e. The highest BCUT2D eigenvalue weighted by atomic mass is 35.5. The van der Waals surface area contributed by atoms with Gasteiger partial charge in [-0.2, -0.15) is 0 Å². The number of nitrogens with one attached hydrogen (secondary N) is 1. The lowest BCUT2D eigenvalue weighted by Gasteiger charge is -2.33. The fourth-order valence-corrected chi connectivity index (χ4v) is 6.04. The lowest BCUT2D eigenvalue weighted by atomic mass is 10.1. The predicted octanol–water partition coefficient (Wildman–Crippen LogP) is 5.43. The molecule has 1 N–H and O–H groups in total. The number of nitrogens with zero attached hydrogens (tertiary/aromatic N) is 2. The standard InChI is InChI=1S/C31H38ClN3O5S/c1-6-28(31(37)33-19-22(2)3)34(20-24-10-9-11-25(18-24)40-5)30(36)21-35(29-13-8-7-12-27(29)32)41(38,39)26-16-14-23(4)15-17-26/h7-18,22,28H,6,19-21H2,1-5H3,(H,33,37). The number of rotatable bonds is 13. The van der Waals surface area contributed by atoms with Crippen molar-refractivity contribution in [3.63, 3.8) is 0 Å². The van der Waals surface area contributed by atoms with Gasteiger partial charge in [0.15, 0.2) is 0 Å². The van der Waals surface area contributed by atoms with E-state index in [0.717, 1.165) is 15.4 Å². The molecule has 41 heavy (non-hydrogen) atoms. The maximum atomic E-state index is 14.1. The van der Waals surface area contributed by atoms with Crippen LogP contribution in [0.2, 0.25) is 5.02 Å². The van der Waals surface area contributed by atoms with Crippen LogP contribution in [0.4, 0.5) is 5.69 Å². The number of hydrogen-bond donors (Lipinski definition) is 1. The van der Waals surface area contributed by atoms with Crippen LogP contribution in [0.3, 0.4) is 0 Å². The van der Waals surface area contributed by atoms with Gasteiger partial charge in [-0.3, -0.25) is 13.9 Å². The van der Waals surface area contributed by atoms with Crippen molar-refractivity contribution in [3.05, 3.63) is 88.9 Å². The summed E-state index contributed by atoms with van der Waals surface area (Å²) >= 11 is 6.47. The van der Waals surface area contributed by atoms with E-state index >= 15 is 0 Å². The summed E-state index contributed by atoms with van der Waals surface area (Å²) in [5, 5.41) is 3.10. The van der Waals surface area contributed by atoms with E-state index in [-0.39, 0.29) is 34.0 Å². The van der Waals surface area contributed by atoms with Crippen molar-refractivity contribution in [3.8, 4) is 5.75 Å². The van der Waals surface area contributed by atoms with Crippen molar-refractivity contribution in [2.24, 2.45) is 5.92 Å². The molecule has 3 aromatic carbocycles. The molecule has 0 fully saturated rings. The smallest absolute Gasteiger partial charge is 0.264 e. The Morgan fingerprint density at radius 1 is 1.00 bits per heavy atom. The van der Waals surface area contributed by atoms with Gasteiger partial charge in [-0.25, -0.2) is 8.42 Å². The number of benzene rings is 3. The average molecular weight is 600 g/mol. The normalized spacial score (nSPS) is 12.1. The van der Waals surface area contributed by atoms with Gasteiger partial charge in [0.1, 0.15) is 18.3 Å². The average Bonchev–Trinajstić information content (AvgIpc) is 2.95. The zero-order valence-corrected chi connectivity index (χ0v) is 25.7. The molecular weight excluding hydrogens is 562 g/mol. The van der Waals surface area contributed by atoms with Crippen LogP contribution in [0, 0.1) is 12.8 Å². The highest BCUT2D eigenvalue weighted by Crippen LogP contribution is 2.31. The first-order chi connectivity index (χ1) is 19.5. The lowest BCUT2D eigenvalue weighted by Crippen LogP contribution is -2.52. The summed E-state index contributed by atoms with van der Waals surface area (Å²) in [6.07, 6.45) is 0.330. The van der Waals surface area contributed by atoms with Gasteiger partial charge in [-0.1, -0.05) is 74.3 Å². The van der Waals surface area contributed by atoms with Gasteiger partial charge in [0.2, 0.25) is 11.8 Å². The van der Waals surface area contributed by atoms with Gasteiger partial charge in [-0.15, -0.1) is 0 Å². The molecule has 0 radical (unpaired) electrons. The third kappa shape index (κ3) is 8.24. The molecule has 8 nitrogen and oxygen atoms in total. The zero-order valence-electron chi connectivity index (χ0n) is 24.1. The summed E-state index contributed by atoms with van der Waals surface area (Å²) in [7, 11) is -2.65. The highest BCUT2D eigenvalue weighted by Gasteiger charge is 2.34. The topological polar surface area (TPSA) is 96.0 Å². The molecule has 0 aliphatic heterocycles. The quantitative estimate of drug-likeness (QED) is 0.283. The molecule has 0 bridgehead atoms. The van der Waals surface area contributed by atoms with E-state index < -0.39 is 28.5 Å². The Balaban J connectivity index is 2.07.